The van der Waals surface area contributed by atoms with Gasteiger partial charge in [0, 0.05) is 35.9 Å². The van der Waals surface area contributed by atoms with Gasteiger partial charge in [0.05, 0.1) is 5.69 Å². The van der Waals surface area contributed by atoms with Crippen molar-refractivity contribution < 1.29 is 12.6 Å². The zero-order valence-electron chi connectivity index (χ0n) is 10.6. The number of anilines is 1. The molecule has 0 aromatic carbocycles. The maximum absolute atomic E-state index is 12.0. The van der Waals surface area contributed by atoms with Crippen molar-refractivity contribution in [2.24, 2.45) is 7.05 Å². The third kappa shape index (κ3) is 3.30. The Kier molecular flexibility index (Phi) is 4.88. The van der Waals surface area contributed by atoms with Gasteiger partial charge in [0.15, 0.2) is 5.82 Å². The molecular weight excluding hydrogens is 276 g/mol. The SMILES string of the molecule is CCS(=O)CCNS(=O)(=O)c1c(N)nn(C)c1C. The average Bonchev–Trinajstić information content (AvgIpc) is 2.52. The number of hydrogen-bond acceptors (Lipinski definition) is 5. The maximum Gasteiger partial charge on any atom is 0.246 e. The van der Waals surface area contributed by atoms with Gasteiger partial charge in [-0.15, -0.1) is 0 Å². The Hall–Kier alpha value is -0.930. The van der Waals surface area contributed by atoms with Crippen LogP contribution in [0.2, 0.25) is 0 Å². The van der Waals surface area contributed by atoms with E-state index in [9.17, 15) is 12.6 Å². The van der Waals surface area contributed by atoms with E-state index in [1.54, 1.807) is 20.9 Å². The van der Waals surface area contributed by atoms with E-state index < -0.39 is 20.8 Å². The molecule has 1 atom stereocenters. The summed E-state index contributed by atoms with van der Waals surface area (Å²) >= 11 is 0. The summed E-state index contributed by atoms with van der Waals surface area (Å²) in [6, 6.07) is 0. The van der Waals surface area contributed by atoms with Crippen molar-refractivity contribution in [1.29, 1.82) is 0 Å². The van der Waals surface area contributed by atoms with Crippen LogP contribution >= 0.6 is 0 Å². The second-order valence-electron chi connectivity index (χ2n) is 3.75. The summed E-state index contributed by atoms with van der Waals surface area (Å²) < 4.78 is 39.0. The molecule has 9 heteroatoms. The number of aromatic nitrogens is 2. The maximum atomic E-state index is 12.0. The molecule has 7 nitrogen and oxygen atoms in total. The van der Waals surface area contributed by atoms with Crippen LogP contribution in [0.4, 0.5) is 5.82 Å². The molecule has 18 heavy (non-hydrogen) atoms. The van der Waals surface area contributed by atoms with E-state index >= 15 is 0 Å². The first-order chi connectivity index (χ1) is 8.29. The van der Waals surface area contributed by atoms with Crippen molar-refractivity contribution in [1.82, 2.24) is 14.5 Å². The minimum Gasteiger partial charge on any atom is -0.381 e. The number of rotatable bonds is 6. The second-order valence-corrected chi connectivity index (χ2v) is 7.32. The van der Waals surface area contributed by atoms with Crippen molar-refractivity contribution in [3.8, 4) is 0 Å². The summed E-state index contributed by atoms with van der Waals surface area (Å²) in [6.45, 7) is 3.53. The molecule has 0 aliphatic heterocycles. The van der Waals surface area contributed by atoms with Gasteiger partial charge in [-0.3, -0.25) is 8.89 Å². The van der Waals surface area contributed by atoms with E-state index in [0.29, 0.717) is 11.4 Å². The summed E-state index contributed by atoms with van der Waals surface area (Å²) in [7, 11) is -3.08. The first-order valence-corrected chi connectivity index (χ1v) is 8.40. The van der Waals surface area contributed by atoms with Gasteiger partial charge in [0.2, 0.25) is 10.0 Å². The van der Waals surface area contributed by atoms with Crippen LogP contribution in [0.5, 0.6) is 0 Å². The van der Waals surface area contributed by atoms with E-state index in [2.05, 4.69) is 9.82 Å². The van der Waals surface area contributed by atoms with Crippen LogP contribution in [-0.4, -0.2) is 40.5 Å². The zero-order chi connectivity index (χ0) is 13.9. The highest BCUT2D eigenvalue weighted by Crippen LogP contribution is 2.20. The van der Waals surface area contributed by atoms with Crippen LogP contribution < -0.4 is 10.5 Å². The predicted octanol–water partition coefficient (Wildman–Crippen LogP) is -0.642. The molecule has 0 aliphatic carbocycles. The normalized spacial score (nSPS) is 13.7. The van der Waals surface area contributed by atoms with E-state index in [1.807, 2.05) is 0 Å². The number of hydrogen-bond donors (Lipinski definition) is 2. The lowest BCUT2D eigenvalue weighted by atomic mass is 10.5. The van der Waals surface area contributed by atoms with Crippen molar-refractivity contribution in [2.45, 2.75) is 18.7 Å². The summed E-state index contributed by atoms with van der Waals surface area (Å²) in [4.78, 5) is -0.00715. The first-order valence-electron chi connectivity index (χ1n) is 5.43. The van der Waals surface area contributed by atoms with Crippen LogP contribution in [0.25, 0.3) is 0 Å². The molecule has 1 heterocycles. The van der Waals surface area contributed by atoms with Crippen LogP contribution in [0, 0.1) is 6.92 Å². The Morgan fingerprint density at radius 1 is 1.50 bits per heavy atom. The van der Waals surface area contributed by atoms with E-state index in [4.69, 9.17) is 5.73 Å². The summed E-state index contributed by atoms with van der Waals surface area (Å²) in [5.74, 6) is 0.768. The Morgan fingerprint density at radius 3 is 2.56 bits per heavy atom. The predicted molar refractivity (Wildman–Crippen MR) is 71.1 cm³/mol. The molecule has 1 unspecified atom stereocenters. The first kappa shape index (κ1) is 15.1. The highest BCUT2D eigenvalue weighted by molar-refractivity contribution is 7.89. The minimum absolute atomic E-state index is 0.00715. The standard InChI is InChI=1S/C9H18N4O3S2/c1-4-17(14)6-5-11-18(15,16)8-7(2)13(3)12-9(8)10/h11H,4-6H2,1-3H3,(H2,10,12). The smallest absolute Gasteiger partial charge is 0.246 e. The molecule has 0 spiro atoms. The average molecular weight is 294 g/mol. The van der Waals surface area contributed by atoms with Crippen molar-refractivity contribution in [3.63, 3.8) is 0 Å². The molecule has 1 aromatic heterocycles. The van der Waals surface area contributed by atoms with Crippen LogP contribution in [0.15, 0.2) is 4.90 Å². The number of sulfonamides is 1. The molecule has 0 saturated carbocycles. The lowest BCUT2D eigenvalue weighted by Crippen LogP contribution is -2.29. The molecule has 1 aromatic rings. The van der Waals surface area contributed by atoms with Gasteiger partial charge in [-0.1, -0.05) is 6.92 Å². The van der Waals surface area contributed by atoms with Gasteiger partial charge >= 0.3 is 0 Å². The molecule has 0 radical (unpaired) electrons. The fourth-order valence-corrected chi connectivity index (χ4v) is 3.55. The van der Waals surface area contributed by atoms with Crippen LogP contribution in [0.1, 0.15) is 12.6 Å². The second kappa shape index (κ2) is 5.81. The van der Waals surface area contributed by atoms with Crippen LogP contribution in [0.3, 0.4) is 0 Å². The monoisotopic (exact) mass is 294 g/mol. The Balaban J connectivity index is 2.84. The van der Waals surface area contributed by atoms with Gasteiger partial charge < -0.3 is 5.73 Å². The molecule has 0 fully saturated rings. The van der Waals surface area contributed by atoms with E-state index in [0.717, 1.165) is 0 Å². The lowest BCUT2D eigenvalue weighted by molar-refractivity contribution is 0.583. The molecule has 0 bridgehead atoms. The Morgan fingerprint density at radius 2 is 2.11 bits per heavy atom. The highest BCUT2D eigenvalue weighted by Gasteiger charge is 2.24. The fourth-order valence-electron chi connectivity index (χ4n) is 1.45. The summed E-state index contributed by atoms with van der Waals surface area (Å²) in [6.07, 6.45) is 0. The molecule has 0 aliphatic rings. The third-order valence-electron chi connectivity index (χ3n) is 2.52. The lowest BCUT2D eigenvalue weighted by Gasteiger charge is -2.06. The highest BCUT2D eigenvalue weighted by atomic mass is 32.2. The molecule has 0 saturated heterocycles. The summed E-state index contributed by atoms with van der Waals surface area (Å²) in [5.41, 5.74) is 6.04. The quantitative estimate of drug-likeness (QED) is 0.725. The molecule has 104 valence electrons. The Labute approximate surface area is 109 Å². The zero-order valence-corrected chi connectivity index (χ0v) is 12.3. The van der Waals surface area contributed by atoms with Gasteiger partial charge in [0.25, 0.3) is 0 Å². The van der Waals surface area contributed by atoms with E-state index in [-0.39, 0.29) is 23.0 Å². The largest absolute Gasteiger partial charge is 0.381 e. The van der Waals surface area contributed by atoms with Gasteiger partial charge in [-0.25, -0.2) is 13.1 Å². The molecule has 3 N–H and O–H groups in total. The molecular formula is C9H18N4O3S2. The summed E-state index contributed by atoms with van der Waals surface area (Å²) in [5, 5.41) is 3.85. The van der Waals surface area contributed by atoms with Crippen molar-refractivity contribution in [2.75, 3.05) is 23.8 Å². The third-order valence-corrected chi connectivity index (χ3v) is 5.45. The fraction of sp³-hybridized carbons (Fsp3) is 0.667. The van der Waals surface area contributed by atoms with E-state index in [1.165, 1.54) is 4.68 Å². The van der Waals surface area contributed by atoms with Gasteiger partial charge in [0.1, 0.15) is 4.90 Å². The van der Waals surface area contributed by atoms with Crippen molar-refractivity contribution in [3.05, 3.63) is 5.69 Å². The van der Waals surface area contributed by atoms with Gasteiger partial charge in [-0.05, 0) is 6.92 Å². The van der Waals surface area contributed by atoms with Crippen LogP contribution in [-0.2, 0) is 27.9 Å². The number of nitrogens with zero attached hydrogens (tertiary/aromatic N) is 2. The minimum atomic E-state index is -3.70. The molecule has 0 amide bonds. The number of nitrogens with one attached hydrogen (secondary N) is 1. The Bertz CT molecular complexity index is 550. The number of nitrogens with two attached hydrogens (primary N) is 1. The van der Waals surface area contributed by atoms with Gasteiger partial charge in [-0.2, -0.15) is 5.10 Å². The molecule has 1 rings (SSSR count). The van der Waals surface area contributed by atoms with Crippen molar-refractivity contribution >= 4 is 26.6 Å². The number of aryl methyl sites for hydroxylation is 1. The number of nitrogen functional groups attached to an aromatic ring is 1. The topological polar surface area (TPSA) is 107 Å².